The summed E-state index contributed by atoms with van der Waals surface area (Å²) in [6.45, 7) is 1.24. The van der Waals surface area contributed by atoms with E-state index in [4.69, 9.17) is 14.2 Å². The molecular formula is C20H23NO4. The number of hydrogen-bond donors (Lipinski definition) is 0. The molecule has 132 valence electrons. The van der Waals surface area contributed by atoms with Crippen LogP contribution in [0.5, 0.6) is 5.75 Å². The Bertz CT molecular complexity index is 683. The Kier molecular flexibility index (Phi) is 6.04. The van der Waals surface area contributed by atoms with E-state index in [-0.39, 0.29) is 18.6 Å². The second kappa shape index (κ2) is 8.65. The Morgan fingerprint density at radius 2 is 1.96 bits per heavy atom. The quantitative estimate of drug-likeness (QED) is 0.773. The first kappa shape index (κ1) is 17.5. The number of anilines is 2. The molecule has 0 bridgehead atoms. The molecule has 0 radical (unpaired) electrons. The number of para-hydroxylation sites is 1. The van der Waals surface area contributed by atoms with Crippen LogP contribution in [0.2, 0.25) is 0 Å². The average molecular weight is 341 g/mol. The summed E-state index contributed by atoms with van der Waals surface area (Å²) in [4.78, 5) is 14.5. The van der Waals surface area contributed by atoms with Crippen LogP contribution in [0.1, 0.15) is 12.8 Å². The number of methoxy groups -OCH3 is 1. The molecule has 1 amide bonds. The molecule has 1 aliphatic heterocycles. The van der Waals surface area contributed by atoms with Gasteiger partial charge in [0.15, 0.2) is 0 Å². The normalized spacial score (nSPS) is 16.6. The predicted molar refractivity (Wildman–Crippen MR) is 96.4 cm³/mol. The summed E-state index contributed by atoms with van der Waals surface area (Å²) in [5.74, 6) is 0.573. The first-order valence-corrected chi connectivity index (χ1v) is 8.49. The molecular weight excluding hydrogens is 318 g/mol. The Morgan fingerprint density at radius 1 is 1.16 bits per heavy atom. The maximum absolute atomic E-state index is 12.8. The van der Waals surface area contributed by atoms with Crippen molar-refractivity contribution in [3.8, 4) is 5.75 Å². The van der Waals surface area contributed by atoms with Gasteiger partial charge in [-0.3, -0.25) is 9.69 Å². The standard InChI is InChI=1S/C20H23NO4/c1-23-18-10-5-9-17(13-18)21(16-7-3-2-4-8-16)20(22)15-24-14-19-11-6-12-25-19/h2-5,7-10,13,19H,6,11-12,14-15H2,1H3. The Balaban J connectivity index is 1.74. The fourth-order valence-corrected chi connectivity index (χ4v) is 2.88. The zero-order valence-corrected chi connectivity index (χ0v) is 14.4. The lowest BCUT2D eigenvalue weighted by Crippen LogP contribution is -2.31. The van der Waals surface area contributed by atoms with Gasteiger partial charge in [0.05, 0.1) is 25.5 Å². The number of hydrogen-bond acceptors (Lipinski definition) is 4. The van der Waals surface area contributed by atoms with E-state index >= 15 is 0 Å². The lowest BCUT2D eigenvalue weighted by Gasteiger charge is -2.23. The molecule has 0 saturated carbocycles. The van der Waals surface area contributed by atoms with Crippen molar-refractivity contribution in [1.29, 1.82) is 0 Å². The molecule has 25 heavy (non-hydrogen) atoms. The summed E-state index contributed by atoms with van der Waals surface area (Å²) in [6.07, 6.45) is 2.16. The molecule has 1 aliphatic rings. The number of ether oxygens (including phenoxy) is 3. The highest BCUT2D eigenvalue weighted by molar-refractivity contribution is 6.01. The molecule has 1 saturated heterocycles. The minimum Gasteiger partial charge on any atom is -0.497 e. The highest BCUT2D eigenvalue weighted by Crippen LogP contribution is 2.28. The number of carbonyl (C=O) groups excluding carboxylic acids is 1. The highest BCUT2D eigenvalue weighted by Gasteiger charge is 2.20. The van der Waals surface area contributed by atoms with Gasteiger partial charge in [-0.05, 0) is 37.1 Å². The van der Waals surface area contributed by atoms with Crippen LogP contribution in [0.25, 0.3) is 0 Å². The van der Waals surface area contributed by atoms with Gasteiger partial charge in [-0.15, -0.1) is 0 Å². The van der Waals surface area contributed by atoms with Gasteiger partial charge in [0, 0.05) is 18.4 Å². The van der Waals surface area contributed by atoms with E-state index in [1.165, 1.54) is 0 Å². The summed E-state index contributed by atoms with van der Waals surface area (Å²) in [7, 11) is 1.61. The summed E-state index contributed by atoms with van der Waals surface area (Å²) < 4.78 is 16.4. The van der Waals surface area contributed by atoms with Gasteiger partial charge >= 0.3 is 0 Å². The third-order valence-electron chi connectivity index (χ3n) is 4.13. The maximum Gasteiger partial charge on any atom is 0.257 e. The number of amides is 1. The van der Waals surface area contributed by atoms with E-state index in [1.54, 1.807) is 12.0 Å². The van der Waals surface area contributed by atoms with Crippen molar-refractivity contribution in [2.45, 2.75) is 18.9 Å². The fraction of sp³-hybridized carbons (Fsp3) is 0.350. The SMILES string of the molecule is COc1cccc(N(C(=O)COCC2CCCO2)c2ccccc2)c1. The second-order valence-electron chi connectivity index (χ2n) is 5.92. The van der Waals surface area contributed by atoms with Gasteiger partial charge in [0.25, 0.3) is 5.91 Å². The molecule has 0 N–H and O–H groups in total. The smallest absolute Gasteiger partial charge is 0.257 e. The van der Waals surface area contributed by atoms with E-state index < -0.39 is 0 Å². The van der Waals surface area contributed by atoms with Crippen LogP contribution >= 0.6 is 0 Å². The number of benzene rings is 2. The van der Waals surface area contributed by atoms with E-state index in [0.717, 1.165) is 30.8 Å². The molecule has 0 spiro atoms. The molecule has 5 heteroatoms. The summed E-state index contributed by atoms with van der Waals surface area (Å²) >= 11 is 0. The van der Waals surface area contributed by atoms with E-state index in [0.29, 0.717) is 12.4 Å². The van der Waals surface area contributed by atoms with Crippen molar-refractivity contribution < 1.29 is 19.0 Å². The van der Waals surface area contributed by atoms with Gasteiger partial charge in [0.2, 0.25) is 0 Å². The van der Waals surface area contributed by atoms with Crippen LogP contribution in [0.4, 0.5) is 11.4 Å². The topological polar surface area (TPSA) is 48.0 Å². The van der Waals surface area contributed by atoms with E-state index in [9.17, 15) is 4.79 Å². The summed E-state index contributed by atoms with van der Waals surface area (Å²) in [5, 5.41) is 0. The fourth-order valence-electron chi connectivity index (χ4n) is 2.88. The Morgan fingerprint density at radius 3 is 2.68 bits per heavy atom. The summed E-state index contributed by atoms with van der Waals surface area (Å²) in [5.41, 5.74) is 1.54. The van der Waals surface area contributed by atoms with Crippen LogP contribution in [0.15, 0.2) is 54.6 Å². The first-order chi connectivity index (χ1) is 12.3. The van der Waals surface area contributed by atoms with Crippen LogP contribution in [-0.4, -0.2) is 38.9 Å². The first-order valence-electron chi connectivity index (χ1n) is 8.49. The van der Waals surface area contributed by atoms with Crippen LogP contribution in [-0.2, 0) is 14.3 Å². The second-order valence-corrected chi connectivity index (χ2v) is 5.92. The molecule has 3 rings (SSSR count). The van der Waals surface area contributed by atoms with E-state index in [2.05, 4.69) is 0 Å². The third-order valence-corrected chi connectivity index (χ3v) is 4.13. The van der Waals surface area contributed by atoms with Crippen LogP contribution < -0.4 is 9.64 Å². The zero-order valence-electron chi connectivity index (χ0n) is 14.4. The maximum atomic E-state index is 12.8. The third kappa shape index (κ3) is 4.59. The monoisotopic (exact) mass is 341 g/mol. The van der Waals surface area contributed by atoms with Crippen molar-refractivity contribution in [3.05, 3.63) is 54.6 Å². The Hall–Kier alpha value is -2.37. The van der Waals surface area contributed by atoms with Gasteiger partial charge in [-0.25, -0.2) is 0 Å². The molecule has 0 aliphatic carbocycles. The van der Waals surface area contributed by atoms with Gasteiger partial charge in [-0.2, -0.15) is 0 Å². The molecule has 2 aromatic carbocycles. The minimum absolute atomic E-state index is 0.00592. The number of carbonyl (C=O) groups is 1. The number of nitrogens with zero attached hydrogens (tertiary/aromatic N) is 1. The van der Waals surface area contributed by atoms with Gasteiger partial charge in [-0.1, -0.05) is 24.3 Å². The number of rotatable bonds is 7. The van der Waals surface area contributed by atoms with Crippen molar-refractivity contribution in [1.82, 2.24) is 0 Å². The molecule has 2 aromatic rings. The van der Waals surface area contributed by atoms with Crippen molar-refractivity contribution in [2.24, 2.45) is 0 Å². The van der Waals surface area contributed by atoms with Crippen LogP contribution in [0, 0.1) is 0 Å². The molecule has 1 fully saturated rings. The van der Waals surface area contributed by atoms with Gasteiger partial charge < -0.3 is 14.2 Å². The van der Waals surface area contributed by atoms with Crippen molar-refractivity contribution in [2.75, 3.05) is 31.8 Å². The van der Waals surface area contributed by atoms with Gasteiger partial charge in [0.1, 0.15) is 12.4 Å². The molecule has 0 aromatic heterocycles. The molecule has 1 unspecified atom stereocenters. The van der Waals surface area contributed by atoms with Crippen LogP contribution in [0.3, 0.4) is 0 Å². The van der Waals surface area contributed by atoms with E-state index in [1.807, 2.05) is 54.6 Å². The largest absolute Gasteiger partial charge is 0.497 e. The Labute approximate surface area is 148 Å². The zero-order chi connectivity index (χ0) is 17.5. The lowest BCUT2D eigenvalue weighted by atomic mass is 10.2. The molecule has 1 atom stereocenters. The average Bonchev–Trinajstić information content (AvgIpc) is 3.16. The molecule has 5 nitrogen and oxygen atoms in total. The predicted octanol–water partition coefficient (Wildman–Crippen LogP) is 3.56. The summed E-state index contributed by atoms with van der Waals surface area (Å²) in [6, 6.07) is 17.0. The van der Waals surface area contributed by atoms with Crippen molar-refractivity contribution >= 4 is 17.3 Å². The lowest BCUT2D eigenvalue weighted by molar-refractivity contribution is -0.123. The molecule has 1 heterocycles. The minimum atomic E-state index is -0.127. The highest BCUT2D eigenvalue weighted by atomic mass is 16.5. The van der Waals surface area contributed by atoms with Crippen molar-refractivity contribution in [3.63, 3.8) is 0 Å².